The summed E-state index contributed by atoms with van der Waals surface area (Å²) in [4.78, 5) is 24.3. The van der Waals surface area contributed by atoms with Gasteiger partial charge in [0.05, 0.1) is 18.8 Å². The fraction of sp³-hybridized carbons (Fsp3) is 0.389. The molecule has 4 N–H and O–H groups in total. The van der Waals surface area contributed by atoms with Crippen molar-refractivity contribution in [3.8, 4) is 11.5 Å². The van der Waals surface area contributed by atoms with Crippen LogP contribution in [0.25, 0.3) is 6.08 Å². The summed E-state index contributed by atoms with van der Waals surface area (Å²) < 4.78 is 16.6. The molecule has 0 aliphatic rings. The molecule has 230 valence electrons. The molecule has 0 saturated heterocycles. The molecule has 0 aliphatic carbocycles. The number of hydrogen-bond donors (Lipinski definition) is 2. The van der Waals surface area contributed by atoms with E-state index in [0.717, 1.165) is 56.3 Å². The number of carbonyl (C=O) groups is 2. The summed E-state index contributed by atoms with van der Waals surface area (Å²) in [6.45, 7) is 3.25. The number of ether oxygens (including phenoxy) is 3. The third-order valence-electron chi connectivity index (χ3n) is 7.01. The number of carbonyl (C=O) groups excluding carboxylic acids is 2. The lowest BCUT2D eigenvalue weighted by Crippen LogP contribution is -2.07. The maximum atomic E-state index is 12.2. The van der Waals surface area contributed by atoms with Crippen molar-refractivity contribution in [2.75, 3.05) is 24.7 Å². The Morgan fingerprint density at radius 1 is 0.698 bits per heavy atom. The standard InChI is InChI=1S/C36H46N2O5/c1-2-3-4-9-12-28-15-20-34(21-16-28)43-35(39)22-17-29-13-18-33(19-14-29)41-23-10-7-5-6-8-11-24-42-36(40)30-25-31(37)27-32(38)26-30/h13-22,25-27H,2-12,23-24,37-38H2,1H3/b22-17+. The van der Waals surface area contributed by atoms with Crippen LogP contribution in [-0.4, -0.2) is 25.2 Å². The number of unbranched alkanes of at least 4 members (excludes halogenated alkanes) is 8. The van der Waals surface area contributed by atoms with Crippen molar-refractivity contribution in [1.29, 1.82) is 0 Å². The average molecular weight is 587 g/mol. The second-order valence-electron chi connectivity index (χ2n) is 10.8. The topological polar surface area (TPSA) is 114 Å². The number of benzene rings is 3. The van der Waals surface area contributed by atoms with Crippen LogP contribution in [0.4, 0.5) is 11.4 Å². The fourth-order valence-corrected chi connectivity index (χ4v) is 4.61. The molecule has 0 unspecified atom stereocenters. The maximum Gasteiger partial charge on any atom is 0.338 e. The van der Waals surface area contributed by atoms with E-state index >= 15 is 0 Å². The van der Waals surface area contributed by atoms with Gasteiger partial charge in [0.2, 0.25) is 0 Å². The summed E-state index contributed by atoms with van der Waals surface area (Å²) >= 11 is 0. The van der Waals surface area contributed by atoms with Crippen LogP contribution in [0.3, 0.4) is 0 Å². The van der Waals surface area contributed by atoms with Crippen LogP contribution in [0.2, 0.25) is 0 Å². The number of anilines is 2. The molecular weight excluding hydrogens is 540 g/mol. The van der Waals surface area contributed by atoms with Crippen molar-refractivity contribution in [1.82, 2.24) is 0 Å². The van der Waals surface area contributed by atoms with E-state index in [4.69, 9.17) is 25.7 Å². The zero-order chi connectivity index (χ0) is 30.7. The molecule has 0 spiro atoms. The highest BCUT2D eigenvalue weighted by atomic mass is 16.5. The van der Waals surface area contributed by atoms with E-state index in [-0.39, 0.29) is 0 Å². The first-order valence-electron chi connectivity index (χ1n) is 15.5. The van der Waals surface area contributed by atoms with E-state index in [1.54, 1.807) is 24.3 Å². The molecule has 7 heteroatoms. The van der Waals surface area contributed by atoms with Crippen LogP contribution in [0.1, 0.15) is 92.6 Å². The smallest absolute Gasteiger partial charge is 0.338 e. The number of nitrogens with two attached hydrogens (primary N) is 2. The van der Waals surface area contributed by atoms with Crippen LogP contribution < -0.4 is 20.9 Å². The molecule has 3 rings (SSSR count). The van der Waals surface area contributed by atoms with Gasteiger partial charge in [0.25, 0.3) is 0 Å². The highest BCUT2D eigenvalue weighted by Crippen LogP contribution is 2.18. The van der Waals surface area contributed by atoms with E-state index in [0.29, 0.717) is 35.9 Å². The van der Waals surface area contributed by atoms with Gasteiger partial charge in [0.1, 0.15) is 11.5 Å². The minimum atomic E-state index is -0.402. The van der Waals surface area contributed by atoms with Gasteiger partial charge in [-0.2, -0.15) is 0 Å². The molecule has 0 radical (unpaired) electrons. The van der Waals surface area contributed by atoms with Crippen molar-refractivity contribution in [3.05, 3.63) is 89.5 Å². The lowest BCUT2D eigenvalue weighted by molar-refractivity contribution is -0.128. The van der Waals surface area contributed by atoms with Crippen LogP contribution in [0.15, 0.2) is 72.8 Å². The van der Waals surface area contributed by atoms with Gasteiger partial charge in [-0.3, -0.25) is 0 Å². The molecule has 0 amide bonds. The largest absolute Gasteiger partial charge is 0.494 e. The monoisotopic (exact) mass is 586 g/mol. The van der Waals surface area contributed by atoms with E-state index < -0.39 is 11.9 Å². The Balaban J connectivity index is 1.22. The van der Waals surface area contributed by atoms with E-state index in [1.807, 2.05) is 48.5 Å². The van der Waals surface area contributed by atoms with Crippen LogP contribution >= 0.6 is 0 Å². The Kier molecular flexibility index (Phi) is 14.7. The van der Waals surface area contributed by atoms with Crippen molar-refractivity contribution in [2.24, 2.45) is 0 Å². The second-order valence-corrected chi connectivity index (χ2v) is 10.8. The molecule has 0 aromatic heterocycles. The Bertz CT molecular complexity index is 1270. The molecule has 3 aromatic carbocycles. The van der Waals surface area contributed by atoms with E-state index in [9.17, 15) is 9.59 Å². The summed E-state index contributed by atoms with van der Waals surface area (Å²) in [5.74, 6) is 0.559. The molecule has 43 heavy (non-hydrogen) atoms. The average Bonchev–Trinajstić information content (AvgIpc) is 3.00. The molecule has 3 aromatic rings. The van der Waals surface area contributed by atoms with Gasteiger partial charge in [-0.1, -0.05) is 76.1 Å². The number of hydrogen-bond acceptors (Lipinski definition) is 7. The SMILES string of the molecule is CCCCCCc1ccc(OC(=O)/C=C/c2ccc(OCCCCCCCCOC(=O)c3cc(N)cc(N)c3)cc2)cc1. The van der Waals surface area contributed by atoms with Crippen molar-refractivity contribution < 1.29 is 23.8 Å². The van der Waals surface area contributed by atoms with Gasteiger partial charge in [-0.15, -0.1) is 0 Å². The number of rotatable bonds is 19. The number of aryl methyl sites for hydroxylation is 1. The predicted molar refractivity (Wildman–Crippen MR) is 174 cm³/mol. The summed E-state index contributed by atoms with van der Waals surface area (Å²) in [5.41, 5.74) is 14.9. The third-order valence-corrected chi connectivity index (χ3v) is 7.01. The zero-order valence-corrected chi connectivity index (χ0v) is 25.4. The molecule has 0 saturated carbocycles. The minimum absolute atomic E-state index is 0.383. The summed E-state index contributed by atoms with van der Waals surface area (Å²) in [6.07, 6.45) is 15.2. The van der Waals surface area contributed by atoms with E-state index in [1.165, 1.54) is 37.3 Å². The summed E-state index contributed by atoms with van der Waals surface area (Å²) in [6, 6.07) is 20.2. The van der Waals surface area contributed by atoms with Gasteiger partial charge in [0.15, 0.2) is 0 Å². The van der Waals surface area contributed by atoms with Crippen LogP contribution in [0, 0.1) is 0 Å². The lowest BCUT2D eigenvalue weighted by atomic mass is 10.1. The first-order chi connectivity index (χ1) is 20.9. The van der Waals surface area contributed by atoms with Crippen molar-refractivity contribution in [3.63, 3.8) is 0 Å². The first kappa shape index (κ1) is 33.2. The molecule has 0 atom stereocenters. The van der Waals surface area contributed by atoms with Crippen LogP contribution in [0.5, 0.6) is 11.5 Å². The Morgan fingerprint density at radius 3 is 1.98 bits per heavy atom. The molecule has 7 nitrogen and oxygen atoms in total. The Hall–Kier alpha value is -4.26. The lowest BCUT2D eigenvalue weighted by Gasteiger charge is -2.07. The summed E-state index contributed by atoms with van der Waals surface area (Å²) in [7, 11) is 0. The quantitative estimate of drug-likeness (QED) is 0.0479. The summed E-state index contributed by atoms with van der Waals surface area (Å²) in [5, 5.41) is 0. The van der Waals surface area contributed by atoms with Gasteiger partial charge in [-0.05, 0) is 85.4 Å². The maximum absolute atomic E-state index is 12.2. The predicted octanol–water partition coefficient (Wildman–Crippen LogP) is 8.17. The number of esters is 2. The van der Waals surface area contributed by atoms with Gasteiger partial charge in [-0.25, -0.2) is 9.59 Å². The zero-order valence-electron chi connectivity index (χ0n) is 25.4. The van der Waals surface area contributed by atoms with Gasteiger partial charge in [0, 0.05) is 17.5 Å². The number of nitrogen functional groups attached to an aromatic ring is 2. The molecule has 0 aliphatic heterocycles. The van der Waals surface area contributed by atoms with E-state index in [2.05, 4.69) is 6.92 Å². The molecule has 0 fully saturated rings. The molecular formula is C36H46N2O5. The third kappa shape index (κ3) is 13.5. The van der Waals surface area contributed by atoms with Crippen molar-refractivity contribution >= 4 is 29.4 Å². The highest BCUT2D eigenvalue weighted by molar-refractivity contribution is 5.91. The highest BCUT2D eigenvalue weighted by Gasteiger charge is 2.08. The van der Waals surface area contributed by atoms with Crippen LogP contribution in [-0.2, 0) is 16.0 Å². The Labute approximate surface area is 256 Å². The fourth-order valence-electron chi connectivity index (χ4n) is 4.61. The molecule has 0 bridgehead atoms. The first-order valence-corrected chi connectivity index (χ1v) is 15.5. The minimum Gasteiger partial charge on any atom is -0.494 e. The van der Waals surface area contributed by atoms with Gasteiger partial charge < -0.3 is 25.7 Å². The Morgan fingerprint density at radius 2 is 1.30 bits per heavy atom. The normalized spacial score (nSPS) is 11.0. The second kappa shape index (κ2) is 19.0. The molecule has 0 heterocycles. The van der Waals surface area contributed by atoms with Crippen molar-refractivity contribution in [2.45, 2.75) is 77.6 Å². The van der Waals surface area contributed by atoms with Gasteiger partial charge >= 0.3 is 11.9 Å².